The van der Waals surface area contributed by atoms with E-state index in [2.05, 4.69) is 17.1 Å². The van der Waals surface area contributed by atoms with Crippen molar-refractivity contribution in [2.24, 2.45) is 0 Å². The number of ketones is 1. The summed E-state index contributed by atoms with van der Waals surface area (Å²) >= 11 is 0. The molecular formula is C54H29BF24N2O. The van der Waals surface area contributed by atoms with Crippen LogP contribution in [0.3, 0.4) is 0 Å². The molecule has 7 aromatic carbocycles. The van der Waals surface area contributed by atoms with Crippen LogP contribution in [0.15, 0.2) is 164 Å². The number of carbonyl (C=O) groups excluding carboxylic acids is 1. The molecule has 0 unspecified atom stereocenters. The number of alkyl halides is 24. The zero-order chi connectivity index (χ0) is 61.0. The van der Waals surface area contributed by atoms with E-state index >= 15 is 0 Å². The maximum absolute atomic E-state index is 14.2. The average molecular weight is 1190 g/mol. The molecule has 0 aliphatic carbocycles. The Hall–Kier alpha value is -8.07. The van der Waals surface area contributed by atoms with Crippen LogP contribution in [0, 0.1) is 0 Å². The molecule has 0 radical (unpaired) electrons. The number of fused-ring (bicyclic) bond motifs is 1. The fraction of sp³-hybridized carbons (Fsp3) is 0.167. The monoisotopic (exact) mass is 1190 g/mol. The second-order valence-electron chi connectivity index (χ2n) is 18.2. The van der Waals surface area contributed by atoms with Crippen molar-refractivity contribution in [2.75, 3.05) is 0 Å². The number of hydrogen-bond acceptors (Lipinski definition) is 2. The molecule has 0 saturated carbocycles. The first kappa shape index (κ1) is 61.6. The van der Waals surface area contributed by atoms with Crippen LogP contribution in [0.5, 0.6) is 0 Å². The molecule has 0 fully saturated rings. The maximum atomic E-state index is 14.2. The first-order valence-corrected chi connectivity index (χ1v) is 22.8. The van der Waals surface area contributed by atoms with Gasteiger partial charge >= 0.3 is 49.4 Å². The lowest BCUT2D eigenvalue weighted by atomic mass is 9.12. The van der Waals surface area contributed by atoms with E-state index in [1.807, 2.05) is 77.6 Å². The minimum atomic E-state index is -6.13. The number of hydrogen-bond donors (Lipinski definition) is 0. The first-order valence-electron chi connectivity index (χ1n) is 22.8. The minimum Gasteiger partial charge on any atom is -0.287 e. The molecule has 0 bridgehead atoms. The molecule has 28 heteroatoms. The SMILES string of the molecule is FC(F)(F)c1cc([B-](c2cc(C(F)(F)F)cc(C(F)(F)F)c2)(c2cc(C(F)(F)F)cc(C(F)(F)F)c2)c2cc(C(F)(F)F)cc(C(F)(F)F)c2)cc(C(F)(F)F)c1.O=C(c1c[n+](Cc2ccccc2)ccn1)c1cccc2ccccc12. The Morgan fingerprint density at radius 1 is 0.378 bits per heavy atom. The highest BCUT2D eigenvalue weighted by molar-refractivity contribution is 7.20. The zero-order valence-corrected chi connectivity index (χ0v) is 40.2. The van der Waals surface area contributed by atoms with Crippen molar-refractivity contribution in [3.63, 3.8) is 0 Å². The van der Waals surface area contributed by atoms with Gasteiger partial charge in [-0.2, -0.15) is 132 Å². The molecule has 0 spiro atoms. The Balaban J connectivity index is 0.000000318. The lowest BCUT2D eigenvalue weighted by Gasteiger charge is -2.46. The summed E-state index contributed by atoms with van der Waals surface area (Å²) in [6.45, 7) is 0.708. The molecule has 0 atom stereocenters. The molecule has 82 heavy (non-hydrogen) atoms. The molecule has 3 nitrogen and oxygen atoms in total. The van der Waals surface area contributed by atoms with E-state index in [1.54, 1.807) is 6.20 Å². The highest BCUT2D eigenvalue weighted by atomic mass is 19.4. The van der Waals surface area contributed by atoms with Gasteiger partial charge in [0.05, 0.1) is 50.7 Å². The minimum absolute atomic E-state index is 0.0563. The largest absolute Gasteiger partial charge is 0.416 e. The van der Waals surface area contributed by atoms with Gasteiger partial charge in [0, 0.05) is 11.1 Å². The lowest BCUT2D eigenvalue weighted by Crippen LogP contribution is -2.75. The van der Waals surface area contributed by atoms with Crippen molar-refractivity contribution in [1.29, 1.82) is 0 Å². The third-order valence-corrected chi connectivity index (χ3v) is 12.7. The molecule has 8 aromatic rings. The Labute approximate surface area is 445 Å². The van der Waals surface area contributed by atoms with E-state index in [4.69, 9.17) is 0 Å². The number of halogens is 24. The van der Waals surface area contributed by atoms with Gasteiger partial charge in [0.25, 0.3) is 0 Å². The van der Waals surface area contributed by atoms with Crippen LogP contribution >= 0.6 is 0 Å². The third kappa shape index (κ3) is 13.6. The van der Waals surface area contributed by atoms with Crippen LogP contribution in [-0.4, -0.2) is 16.9 Å². The van der Waals surface area contributed by atoms with E-state index < -0.39 is 195 Å². The van der Waals surface area contributed by atoms with Gasteiger partial charge in [0.15, 0.2) is 24.6 Å². The topological polar surface area (TPSA) is 33.8 Å². The standard InChI is InChI=1S/C32H12BF24.C22H17N2O/c34-25(35,36)13-1-14(26(37,38)39)6-21(5-13)33(22-7-15(27(40,41)42)2-16(8-22)28(43,44)45,23-9-17(29(46,47)48)3-18(10-23)30(49,50)51)24-11-19(31(52,53)54)4-20(12-24)32(55,56)57;25-22(20-12-6-10-18-9-4-5-11-19(18)20)21-16-24(14-13-23-21)15-17-7-2-1-3-8-17/h1-12H;1-14,16H,15H2/q-1;+1. The predicted molar refractivity (Wildman–Crippen MR) is 247 cm³/mol. The summed E-state index contributed by atoms with van der Waals surface area (Å²) in [6.07, 6.45) is -49.4. The van der Waals surface area contributed by atoms with Gasteiger partial charge in [0.2, 0.25) is 5.78 Å². The van der Waals surface area contributed by atoms with Crippen molar-refractivity contribution in [3.05, 3.63) is 226 Å². The summed E-state index contributed by atoms with van der Waals surface area (Å²) in [4.78, 5) is 17.3. The van der Waals surface area contributed by atoms with E-state index in [0.717, 1.165) is 10.8 Å². The molecule has 1 heterocycles. The molecule has 0 aliphatic rings. The average Bonchev–Trinajstić information content (AvgIpc) is 2.91. The molecule has 0 aliphatic heterocycles. The summed E-state index contributed by atoms with van der Waals surface area (Å²) in [7, 11) is 0. The second-order valence-corrected chi connectivity index (χ2v) is 18.2. The van der Waals surface area contributed by atoms with Crippen molar-refractivity contribution in [2.45, 2.75) is 56.0 Å². The molecule has 1 aromatic heterocycles. The predicted octanol–water partition coefficient (Wildman–Crippen LogP) is 15.0. The van der Waals surface area contributed by atoms with Gasteiger partial charge in [-0.3, -0.25) is 4.79 Å². The fourth-order valence-electron chi connectivity index (χ4n) is 9.07. The van der Waals surface area contributed by atoms with Gasteiger partial charge in [-0.15, -0.1) is 0 Å². The summed E-state index contributed by atoms with van der Waals surface area (Å²) in [5.41, 5.74) is -27.9. The van der Waals surface area contributed by atoms with Crippen molar-refractivity contribution in [1.82, 2.24) is 4.98 Å². The lowest BCUT2D eigenvalue weighted by molar-refractivity contribution is -0.689. The van der Waals surface area contributed by atoms with Gasteiger partial charge in [-0.25, -0.2) is 4.98 Å². The molecule has 8 rings (SSSR count). The van der Waals surface area contributed by atoms with Crippen LogP contribution in [-0.2, 0) is 56.0 Å². The van der Waals surface area contributed by atoms with E-state index in [-0.39, 0.29) is 5.78 Å². The van der Waals surface area contributed by atoms with Gasteiger partial charge in [0.1, 0.15) is 6.15 Å². The quantitative estimate of drug-likeness (QED) is 0.0658. The van der Waals surface area contributed by atoms with E-state index in [1.165, 1.54) is 5.56 Å². The number of aromatic nitrogens is 2. The van der Waals surface area contributed by atoms with Crippen LogP contribution in [0.4, 0.5) is 105 Å². The number of rotatable bonds is 8. The Bertz CT molecular complexity index is 3200. The number of benzene rings is 7. The fourth-order valence-corrected chi connectivity index (χ4v) is 9.07. The highest BCUT2D eigenvalue weighted by Crippen LogP contribution is 2.41. The molecule has 0 N–H and O–H groups in total. The van der Waals surface area contributed by atoms with Crippen molar-refractivity contribution < 1.29 is 115 Å². The van der Waals surface area contributed by atoms with Crippen molar-refractivity contribution in [3.8, 4) is 0 Å². The van der Waals surface area contributed by atoms with Crippen LogP contribution < -0.4 is 26.4 Å². The second kappa shape index (κ2) is 21.7. The Kier molecular flexibility index (Phi) is 16.3. The van der Waals surface area contributed by atoms with Gasteiger partial charge in [-0.1, -0.05) is 121 Å². The third-order valence-electron chi connectivity index (χ3n) is 12.7. The number of nitrogens with zero attached hydrogens (tertiary/aromatic N) is 2. The number of carbonyl (C=O) groups is 1. The molecule has 432 valence electrons. The summed E-state index contributed by atoms with van der Waals surface area (Å²) in [5, 5.41) is 2.01. The van der Waals surface area contributed by atoms with E-state index in [9.17, 15) is 110 Å². The van der Waals surface area contributed by atoms with Crippen LogP contribution in [0.2, 0.25) is 0 Å². The summed E-state index contributed by atoms with van der Waals surface area (Å²) in [5.74, 6) is -0.0563. The Morgan fingerprint density at radius 3 is 1.01 bits per heavy atom. The molecule has 0 saturated heterocycles. The molecule has 0 amide bonds. The van der Waals surface area contributed by atoms with Crippen molar-refractivity contribution >= 4 is 44.6 Å². The summed E-state index contributed by atoms with van der Waals surface area (Å²) in [6, 6.07) is 15.1. The first-order chi connectivity index (χ1) is 37.6. The maximum Gasteiger partial charge on any atom is 0.416 e. The van der Waals surface area contributed by atoms with Crippen LogP contribution in [0.1, 0.15) is 66.1 Å². The Morgan fingerprint density at radius 2 is 0.683 bits per heavy atom. The van der Waals surface area contributed by atoms with Crippen LogP contribution in [0.25, 0.3) is 10.8 Å². The van der Waals surface area contributed by atoms with Gasteiger partial charge in [-0.05, 0) is 35.0 Å². The van der Waals surface area contributed by atoms with Gasteiger partial charge < -0.3 is 0 Å². The zero-order valence-electron chi connectivity index (χ0n) is 40.2. The highest BCUT2D eigenvalue weighted by Gasteiger charge is 2.47. The van der Waals surface area contributed by atoms with E-state index in [0.29, 0.717) is 17.8 Å². The normalized spacial score (nSPS) is 13.2. The molecular weight excluding hydrogens is 1160 g/mol. The smallest absolute Gasteiger partial charge is 0.287 e. The summed E-state index contributed by atoms with van der Waals surface area (Å²) < 4.78 is 343.